The number of hydrogen-bond donors (Lipinski definition) is 3. The molecular formula is C20H23N3O. The lowest BCUT2D eigenvalue weighted by atomic mass is 9.96. The molecule has 0 fully saturated rings. The molecule has 1 unspecified atom stereocenters. The first-order valence-corrected chi connectivity index (χ1v) is 8.26. The Labute approximate surface area is 142 Å². The Bertz CT molecular complexity index is 895. The van der Waals surface area contributed by atoms with Gasteiger partial charge >= 0.3 is 0 Å². The molecule has 1 amide bonds. The number of aromatic nitrogens is 1. The summed E-state index contributed by atoms with van der Waals surface area (Å²) < 4.78 is 0. The van der Waals surface area contributed by atoms with Crippen molar-refractivity contribution in [3.05, 3.63) is 59.3 Å². The normalized spacial score (nSPS) is 12.5. The third-order valence-corrected chi connectivity index (χ3v) is 4.49. The van der Waals surface area contributed by atoms with Gasteiger partial charge < -0.3 is 16.0 Å². The van der Waals surface area contributed by atoms with E-state index in [-0.39, 0.29) is 6.04 Å². The van der Waals surface area contributed by atoms with Gasteiger partial charge in [-0.15, -0.1) is 0 Å². The Morgan fingerprint density at radius 1 is 1.25 bits per heavy atom. The Hall–Kier alpha value is -2.59. The van der Waals surface area contributed by atoms with Gasteiger partial charge in [0.1, 0.15) is 0 Å². The minimum Gasteiger partial charge on any atom is -0.366 e. The van der Waals surface area contributed by atoms with Crippen LogP contribution < -0.4 is 11.1 Å². The lowest BCUT2D eigenvalue weighted by Crippen LogP contribution is -2.17. The molecule has 124 valence electrons. The molecule has 24 heavy (non-hydrogen) atoms. The second-order valence-corrected chi connectivity index (χ2v) is 6.19. The van der Waals surface area contributed by atoms with Crippen molar-refractivity contribution in [1.29, 1.82) is 0 Å². The Balaban J connectivity index is 2.14. The predicted molar refractivity (Wildman–Crippen MR) is 99.1 cm³/mol. The largest absolute Gasteiger partial charge is 0.366 e. The summed E-state index contributed by atoms with van der Waals surface area (Å²) in [4.78, 5) is 15.0. The van der Waals surface area contributed by atoms with E-state index in [2.05, 4.69) is 54.5 Å². The quantitative estimate of drug-likeness (QED) is 0.666. The van der Waals surface area contributed by atoms with E-state index in [4.69, 9.17) is 5.73 Å². The fourth-order valence-corrected chi connectivity index (χ4v) is 3.14. The van der Waals surface area contributed by atoms with Crippen LogP contribution in [0.2, 0.25) is 0 Å². The molecule has 0 spiro atoms. The van der Waals surface area contributed by atoms with E-state index in [9.17, 15) is 4.79 Å². The highest BCUT2D eigenvalue weighted by atomic mass is 16.1. The molecule has 0 bridgehead atoms. The number of primary amides is 1. The summed E-state index contributed by atoms with van der Waals surface area (Å²) in [5.41, 5.74) is 11.3. The predicted octanol–water partition coefficient (Wildman–Crippen LogP) is 3.91. The maximum absolute atomic E-state index is 11.9. The SMILES string of the molecule is CCNC(C)c1cccc(-c2cc(C(N)=O)c3[nH]cc(C)c3c2)c1. The zero-order valence-corrected chi connectivity index (χ0v) is 14.3. The highest BCUT2D eigenvalue weighted by molar-refractivity contribution is 6.07. The van der Waals surface area contributed by atoms with Gasteiger partial charge in [-0.3, -0.25) is 4.79 Å². The van der Waals surface area contributed by atoms with Crippen LogP contribution in [0.4, 0.5) is 0 Å². The Morgan fingerprint density at radius 2 is 2.04 bits per heavy atom. The number of aromatic amines is 1. The summed E-state index contributed by atoms with van der Waals surface area (Å²) in [7, 11) is 0. The van der Waals surface area contributed by atoms with E-state index < -0.39 is 5.91 Å². The number of amides is 1. The minimum absolute atomic E-state index is 0.281. The topological polar surface area (TPSA) is 70.9 Å². The number of carbonyl (C=O) groups excluding carboxylic acids is 1. The van der Waals surface area contributed by atoms with Crippen LogP contribution in [0.1, 0.15) is 41.4 Å². The van der Waals surface area contributed by atoms with Gasteiger partial charge in [0.05, 0.1) is 11.1 Å². The molecule has 4 heteroatoms. The number of nitrogens with two attached hydrogens (primary N) is 1. The van der Waals surface area contributed by atoms with Crippen LogP contribution in [-0.2, 0) is 0 Å². The van der Waals surface area contributed by atoms with E-state index in [0.717, 1.165) is 34.1 Å². The summed E-state index contributed by atoms with van der Waals surface area (Å²) in [5.74, 6) is -0.416. The molecule has 0 radical (unpaired) electrons. The van der Waals surface area contributed by atoms with E-state index >= 15 is 0 Å². The van der Waals surface area contributed by atoms with Gasteiger partial charge in [-0.05, 0) is 60.8 Å². The number of benzene rings is 2. The Kier molecular flexibility index (Phi) is 4.40. The summed E-state index contributed by atoms with van der Waals surface area (Å²) in [6.07, 6.45) is 1.91. The number of hydrogen-bond acceptors (Lipinski definition) is 2. The second-order valence-electron chi connectivity index (χ2n) is 6.19. The molecule has 3 aromatic rings. The van der Waals surface area contributed by atoms with Gasteiger partial charge in [0.15, 0.2) is 0 Å². The molecule has 2 aromatic carbocycles. The lowest BCUT2D eigenvalue weighted by molar-refractivity contribution is 0.100. The van der Waals surface area contributed by atoms with E-state index in [1.807, 2.05) is 19.2 Å². The zero-order valence-electron chi connectivity index (χ0n) is 14.3. The number of aryl methyl sites for hydroxylation is 1. The summed E-state index contributed by atoms with van der Waals surface area (Å²) in [6.45, 7) is 7.20. The van der Waals surface area contributed by atoms with Crippen molar-refractivity contribution in [1.82, 2.24) is 10.3 Å². The molecule has 3 rings (SSSR count). The van der Waals surface area contributed by atoms with Crippen molar-refractivity contribution in [2.45, 2.75) is 26.8 Å². The van der Waals surface area contributed by atoms with Crippen LogP contribution in [0.15, 0.2) is 42.6 Å². The number of carbonyl (C=O) groups is 1. The van der Waals surface area contributed by atoms with Crippen LogP contribution in [0.5, 0.6) is 0 Å². The first-order valence-electron chi connectivity index (χ1n) is 8.26. The average Bonchev–Trinajstić information content (AvgIpc) is 2.95. The van der Waals surface area contributed by atoms with Gasteiger partial charge in [-0.25, -0.2) is 0 Å². The van der Waals surface area contributed by atoms with Crippen LogP contribution in [-0.4, -0.2) is 17.4 Å². The van der Waals surface area contributed by atoms with Crippen molar-refractivity contribution in [2.75, 3.05) is 6.54 Å². The smallest absolute Gasteiger partial charge is 0.250 e. The minimum atomic E-state index is -0.416. The average molecular weight is 321 g/mol. The molecule has 1 atom stereocenters. The molecule has 4 N–H and O–H groups in total. The molecule has 0 aliphatic heterocycles. The lowest BCUT2D eigenvalue weighted by Gasteiger charge is -2.14. The number of nitrogens with one attached hydrogen (secondary N) is 2. The van der Waals surface area contributed by atoms with Gasteiger partial charge in [0.2, 0.25) is 0 Å². The summed E-state index contributed by atoms with van der Waals surface area (Å²) >= 11 is 0. The molecule has 0 aliphatic rings. The Morgan fingerprint density at radius 3 is 2.75 bits per heavy atom. The van der Waals surface area contributed by atoms with Crippen LogP contribution in [0.25, 0.3) is 22.0 Å². The van der Waals surface area contributed by atoms with E-state index in [1.165, 1.54) is 5.56 Å². The van der Waals surface area contributed by atoms with Crippen molar-refractivity contribution < 1.29 is 4.79 Å². The number of fused-ring (bicyclic) bond motifs is 1. The van der Waals surface area contributed by atoms with Crippen LogP contribution in [0.3, 0.4) is 0 Å². The maximum Gasteiger partial charge on any atom is 0.250 e. The fourth-order valence-electron chi connectivity index (χ4n) is 3.14. The standard InChI is InChI=1S/C20H23N3O/c1-4-22-13(3)14-6-5-7-15(8-14)16-9-17-12(2)11-23-19(17)18(10-16)20(21)24/h5-11,13,22-23H,4H2,1-3H3,(H2,21,24). The number of H-pyrrole nitrogens is 1. The molecule has 1 heterocycles. The molecular weight excluding hydrogens is 298 g/mol. The second kappa shape index (κ2) is 6.49. The van der Waals surface area contributed by atoms with Crippen LogP contribution >= 0.6 is 0 Å². The van der Waals surface area contributed by atoms with Gasteiger partial charge in [-0.1, -0.05) is 25.1 Å². The summed E-state index contributed by atoms with van der Waals surface area (Å²) in [6, 6.07) is 12.7. The monoisotopic (exact) mass is 321 g/mol. The van der Waals surface area contributed by atoms with Crippen molar-refractivity contribution in [2.24, 2.45) is 5.73 Å². The highest BCUT2D eigenvalue weighted by Gasteiger charge is 2.13. The van der Waals surface area contributed by atoms with Gasteiger partial charge in [0.25, 0.3) is 5.91 Å². The fraction of sp³-hybridized carbons (Fsp3) is 0.250. The molecule has 0 aliphatic carbocycles. The van der Waals surface area contributed by atoms with E-state index in [0.29, 0.717) is 5.56 Å². The first kappa shape index (κ1) is 16.3. The van der Waals surface area contributed by atoms with Crippen molar-refractivity contribution in [3.8, 4) is 11.1 Å². The van der Waals surface area contributed by atoms with Crippen LogP contribution in [0, 0.1) is 6.92 Å². The third kappa shape index (κ3) is 2.93. The zero-order chi connectivity index (χ0) is 17.3. The molecule has 1 aromatic heterocycles. The number of rotatable bonds is 5. The van der Waals surface area contributed by atoms with Crippen molar-refractivity contribution in [3.63, 3.8) is 0 Å². The molecule has 0 saturated carbocycles. The van der Waals surface area contributed by atoms with Gasteiger partial charge in [0, 0.05) is 17.6 Å². The van der Waals surface area contributed by atoms with E-state index in [1.54, 1.807) is 0 Å². The third-order valence-electron chi connectivity index (χ3n) is 4.49. The molecule has 4 nitrogen and oxygen atoms in total. The molecule has 0 saturated heterocycles. The first-order chi connectivity index (χ1) is 11.5. The van der Waals surface area contributed by atoms with Crippen molar-refractivity contribution >= 4 is 16.8 Å². The maximum atomic E-state index is 11.9. The highest BCUT2D eigenvalue weighted by Crippen LogP contribution is 2.30. The summed E-state index contributed by atoms with van der Waals surface area (Å²) in [5, 5.41) is 4.46. The van der Waals surface area contributed by atoms with Gasteiger partial charge in [-0.2, -0.15) is 0 Å².